The van der Waals surface area contributed by atoms with Crippen LogP contribution in [0.4, 0.5) is 21.2 Å². The molecule has 0 unspecified atom stereocenters. The predicted molar refractivity (Wildman–Crippen MR) is 207 cm³/mol. The van der Waals surface area contributed by atoms with Crippen LogP contribution in [0.1, 0.15) is 58.1 Å². The number of aliphatic hydroxyl groups excluding tert-OH is 1. The summed E-state index contributed by atoms with van der Waals surface area (Å²) in [6.07, 6.45) is 5.70. The van der Waals surface area contributed by atoms with Gasteiger partial charge in [0.25, 0.3) is 5.91 Å². The van der Waals surface area contributed by atoms with E-state index in [1.165, 1.54) is 10.5 Å². The van der Waals surface area contributed by atoms with Crippen molar-refractivity contribution in [1.29, 1.82) is 0 Å². The molecule has 2 heterocycles. The van der Waals surface area contributed by atoms with Gasteiger partial charge in [-0.3, -0.25) is 19.3 Å². The highest BCUT2D eigenvalue weighted by molar-refractivity contribution is 6.72. The molecule has 0 aliphatic carbocycles. The normalized spacial score (nSPS) is 21.3. The van der Waals surface area contributed by atoms with Crippen molar-refractivity contribution in [2.75, 3.05) is 29.5 Å². The van der Waals surface area contributed by atoms with Gasteiger partial charge in [-0.25, -0.2) is 0 Å². The predicted octanol–water partition coefficient (Wildman–Crippen LogP) is 8.21. The average molecular weight is 726 g/mol. The molecular weight excluding hydrogens is 674 g/mol. The number of benzene rings is 3. The van der Waals surface area contributed by atoms with Crippen LogP contribution in [0, 0.1) is 5.92 Å². The smallest absolute Gasteiger partial charge is 0.264 e. The van der Waals surface area contributed by atoms with Crippen LogP contribution < -0.4 is 9.80 Å². The summed E-state index contributed by atoms with van der Waals surface area (Å²) >= 11 is 0. The zero-order valence-corrected chi connectivity index (χ0v) is 32.2. The summed E-state index contributed by atoms with van der Waals surface area (Å²) in [6.45, 7) is 11.8. The molecule has 4 atom stereocenters. The first-order chi connectivity index (χ1) is 24.8. The lowest BCUT2D eigenvalue weighted by Crippen LogP contribution is -2.45. The first kappa shape index (κ1) is 38.8. The second kappa shape index (κ2) is 16.5. The fourth-order valence-electron chi connectivity index (χ4n) is 7.88. The van der Waals surface area contributed by atoms with Gasteiger partial charge in [-0.1, -0.05) is 78.8 Å². The summed E-state index contributed by atoms with van der Waals surface area (Å²) in [5, 5.41) is 9.86. The number of hydrogen-bond donors (Lipinski definition) is 1. The number of halogens is 1. The maximum Gasteiger partial charge on any atom is 0.264 e. The van der Waals surface area contributed by atoms with Gasteiger partial charge in [0, 0.05) is 48.0 Å². The molecule has 2 aliphatic heterocycles. The van der Waals surface area contributed by atoms with Gasteiger partial charge < -0.3 is 23.8 Å². The minimum Gasteiger partial charge on any atom is -0.395 e. The number of para-hydroxylation sites is 1. The minimum absolute atomic E-state index is 0.113. The van der Waals surface area contributed by atoms with Gasteiger partial charge >= 0.3 is 0 Å². The number of hydrogen-bond acceptors (Lipinski definition) is 5. The van der Waals surface area contributed by atoms with E-state index in [1.807, 2.05) is 85.8 Å². The molecule has 52 heavy (non-hydrogen) atoms. The molecular formula is C42H52FN3O5Si. The molecule has 1 N–H and O–H groups in total. The molecule has 1 spiro atoms. The zero-order valence-electron chi connectivity index (χ0n) is 31.2. The Morgan fingerprint density at radius 1 is 1.00 bits per heavy atom. The van der Waals surface area contributed by atoms with Gasteiger partial charge in [0.05, 0.1) is 24.8 Å². The Bertz CT molecular complexity index is 1790. The molecule has 0 aromatic heterocycles. The highest BCUT2D eigenvalue weighted by Gasteiger charge is 2.67. The van der Waals surface area contributed by atoms with E-state index in [0.717, 1.165) is 30.4 Å². The van der Waals surface area contributed by atoms with Crippen LogP contribution in [0.25, 0.3) is 0 Å². The summed E-state index contributed by atoms with van der Waals surface area (Å²) < 4.78 is 23.5. The van der Waals surface area contributed by atoms with Crippen LogP contribution >= 0.6 is 0 Å². The van der Waals surface area contributed by atoms with E-state index >= 15 is 4.11 Å². The third kappa shape index (κ3) is 8.14. The fourth-order valence-corrected chi connectivity index (χ4v) is 10.4. The molecule has 276 valence electrons. The fraction of sp³-hybridized carbons (Fsp3) is 0.405. The van der Waals surface area contributed by atoms with Gasteiger partial charge in [0.2, 0.25) is 20.7 Å². The first-order valence-electron chi connectivity index (χ1n) is 18.2. The molecule has 3 amide bonds. The Balaban J connectivity index is 1.56. The van der Waals surface area contributed by atoms with E-state index in [2.05, 4.69) is 32.9 Å². The number of carbonyl (C=O) groups is 3. The molecule has 8 nitrogen and oxygen atoms in total. The number of allylic oxidation sites excluding steroid dienone is 3. The molecule has 10 heteroatoms. The van der Waals surface area contributed by atoms with Crippen LogP contribution in [0.2, 0.25) is 18.6 Å². The quantitative estimate of drug-likeness (QED) is 0.0739. The minimum atomic E-state index is -3.57. The maximum absolute atomic E-state index is 16.6. The Morgan fingerprint density at radius 3 is 2.29 bits per heavy atom. The highest BCUT2D eigenvalue weighted by atomic mass is 28.4. The molecule has 0 bridgehead atoms. The number of rotatable bonds is 15. The van der Waals surface area contributed by atoms with Crippen LogP contribution in [0.15, 0.2) is 102 Å². The molecule has 0 saturated carbocycles. The Labute approximate surface area is 308 Å². The molecule has 3 aromatic carbocycles. The van der Waals surface area contributed by atoms with Gasteiger partial charge in [-0.05, 0) is 82.6 Å². The van der Waals surface area contributed by atoms with E-state index in [9.17, 15) is 19.5 Å². The van der Waals surface area contributed by atoms with Crippen LogP contribution in [0.3, 0.4) is 0 Å². The van der Waals surface area contributed by atoms with Crippen molar-refractivity contribution in [3.05, 3.63) is 113 Å². The van der Waals surface area contributed by atoms with Crippen LogP contribution in [-0.2, 0) is 31.3 Å². The maximum atomic E-state index is 16.6. The first-order valence-corrected chi connectivity index (χ1v) is 21.1. The molecule has 1 saturated heterocycles. The lowest BCUT2D eigenvalue weighted by atomic mass is 9.82. The number of ether oxygens (including phenoxy) is 1. The van der Waals surface area contributed by atoms with Crippen molar-refractivity contribution in [2.24, 2.45) is 5.92 Å². The largest absolute Gasteiger partial charge is 0.395 e. The van der Waals surface area contributed by atoms with Crippen molar-refractivity contribution >= 4 is 43.7 Å². The summed E-state index contributed by atoms with van der Waals surface area (Å²) in [6, 6.07) is 24.2. The SMILES string of the molecule is CC(C)=CCC/C(C)=C/CN1C(=O)[C@@]2(O[C@@H](CC(=O)N(CCO)Cc3ccccc3)[C@H]([Si](C)(C)F)[C@H]2C)c2cc(N(C=O)c3ccccc3)ccc21. The average Bonchev–Trinajstić information content (AvgIpc) is 3.53. The third-order valence-electron chi connectivity index (χ3n) is 10.4. The summed E-state index contributed by atoms with van der Waals surface area (Å²) in [7, 11) is -3.57. The van der Waals surface area contributed by atoms with Gasteiger partial charge in [-0.2, -0.15) is 0 Å². The number of nitrogens with zero attached hydrogens (tertiary/aromatic N) is 3. The van der Waals surface area contributed by atoms with E-state index in [1.54, 1.807) is 22.9 Å². The molecule has 0 radical (unpaired) electrons. The highest BCUT2D eigenvalue weighted by Crippen LogP contribution is 2.60. The van der Waals surface area contributed by atoms with E-state index in [0.29, 0.717) is 29.2 Å². The topological polar surface area (TPSA) is 90.4 Å². The van der Waals surface area contributed by atoms with Crippen molar-refractivity contribution in [3.63, 3.8) is 0 Å². The van der Waals surface area contributed by atoms with E-state index in [4.69, 9.17) is 4.74 Å². The lowest BCUT2D eigenvalue weighted by Gasteiger charge is -2.31. The molecule has 2 aliphatic rings. The standard InChI is InChI=1S/C42H52FN3O5Si/c1-30(2)14-13-15-31(3)22-23-45-37-21-20-35(46(29-48)34-18-11-8-12-19-34)26-36(37)42(41(45)50)32(4)40(52(5,6)43)38(51-42)27-39(49)44(24-25-47)28-33-16-9-7-10-17-33/h7-12,14,16-22,26,29,32,38,40,47H,13,15,23-25,27-28H2,1-6H3/b31-22+/t32-,38+,40-,42+/m1/s1. The van der Waals surface area contributed by atoms with Gasteiger partial charge in [-0.15, -0.1) is 0 Å². The monoisotopic (exact) mass is 725 g/mol. The number of anilines is 3. The Kier molecular flexibility index (Phi) is 12.3. The number of carbonyl (C=O) groups excluding carboxylic acids is 3. The second-order valence-electron chi connectivity index (χ2n) is 14.8. The number of fused-ring (bicyclic) bond motifs is 2. The number of amides is 3. The summed E-state index contributed by atoms with van der Waals surface area (Å²) in [4.78, 5) is 46.3. The summed E-state index contributed by atoms with van der Waals surface area (Å²) in [5.74, 6) is -1.20. The summed E-state index contributed by atoms with van der Waals surface area (Å²) in [5.41, 5.74) is 3.44. The van der Waals surface area contributed by atoms with E-state index in [-0.39, 0.29) is 37.9 Å². The van der Waals surface area contributed by atoms with E-state index < -0.39 is 31.6 Å². The van der Waals surface area contributed by atoms with Crippen molar-refractivity contribution in [2.45, 2.75) is 83.8 Å². The molecule has 3 aromatic rings. The van der Waals surface area contributed by atoms with Gasteiger partial charge in [0.15, 0.2) is 5.60 Å². The van der Waals surface area contributed by atoms with Crippen molar-refractivity contribution in [1.82, 2.24) is 4.90 Å². The molecule has 1 fully saturated rings. The Hall–Kier alpha value is -4.38. The number of aliphatic hydroxyl groups is 1. The Morgan fingerprint density at radius 2 is 1.67 bits per heavy atom. The van der Waals surface area contributed by atoms with Crippen LogP contribution in [0.5, 0.6) is 0 Å². The van der Waals surface area contributed by atoms with Crippen LogP contribution in [-0.4, -0.2) is 62.4 Å². The van der Waals surface area contributed by atoms with Gasteiger partial charge in [0.1, 0.15) is 0 Å². The van der Waals surface area contributed by atoms with Crippen molar-refractivity contribution in [3.8, 4) is 0 Å². The third-order valence-corrected chi connectivity index (χ3v) is 12.8. The van der Waals surface area contributed by atoms with Crippen molar-refractivity contribution < 1.29 is 28.3 Å². The lowest BCUT2D eigenvalue weighted by molar-refractivity contribution is -0.149. The molecule has 5 rings (SSSR count). The zero-order chi connectivity index (χ0) is 37.6. The second-order valence-corrected chi connectivity index (χ2v) is 18.6.